The Morgan fingerprint density at radius 3 is 2.50 bits per heavy atom. The van der Waals surface area contributed by atoms with Crippen LogP contribution in [0.3, 0.4) is 0 Å². The molecule has 0 heterocycles. The lowest BCUT2D eigenvalue weighted by atomic mass is 10.1. The largest absolute Gasteiger partial charge is 0.387 e. The van der Waals surface area contributed by atoms with Gasteiger partial charge in [0.2, 0.25) is 0 Å². The molecule has 0 atom stereocenters. The van der Waals surface area contributed by atoms with Crippen molar-refractivity contribution in [1.29, 1.82) is 0 Å². The average molecular weight is 142 g/mol. The summed E-state index contributed by atoms with van der Waals surface area (Å²) in [6, 6.07) is 0. The minimum absolute atomic E-state index is 0.727. The zero-order chi connectivity index (χ0) is 7.98. The fraction of sp³-hybridized carbons (Fsp3) is 0.875. The van der Waals surface area contributed by atoms with Crippen molar-refractivity contribution in [3.8, 4) is 0 Å². The molecule has 0 unspecified atom stereocenters. The fourth-order valence-electron chi connectivity index (χ4n) is 0.719. The van der Waals surface area contributed by atoms with Crippen molar-refractivity contribution >= 4 is 5.84 Å². The molecule has 0 fully saturated rings. The van der Waals surface area contributed by atoms with Gasteiger partial charge in [0.05, 0.1) is 5.84 Å². The van der Waals surface area contributed by atoms with E-state index < -0.39 is 0 Å². The molecule has 0 aliphatic heterocycles. The quantitative estimate of drug-likeness (QED) is 0.471. The summed E-state index contributed by atoms with van der Waals surface area (Å²) >= 11 is 0. The Morgan fingerprint density at radius 1 is 1.50 bits per heavy atom. The second-order valence-electron chi connectivity index (χ2n) is 2.90. The zero-order valence-corrected chi connectivity index (χ0v) is 7.22. The number of rotatable bonds is 4. The summed E-state index contributed by atoms with van der Waals surface area (Å²) in [5.41, 5.74) is 5.58. The summed E-state index contributed by atoms with van der Waals surface area (Å²) in [4.78, 5) is 4.09. The van der Waals surface area contributed by atoms with Crippen LogP contribution in [0.2, 0.25) is 0 Å². The van der Waals surface area contributed by atoms with Crippen molar-refractivity contribution in [2.75, 3.05) is 6.54 Å². The summed E-state index contributed by atoms with van der Waals surface area (Å²) in [5, 5.41) is 0. The molecule has 0 saturated carbocycles. The van der Waals surface area contributed by atoms with Crippen LogP contribution in [0.4, 0.5) is 0 Å². The number of nitrogens with zero attached hydrogens (tertiary/aromatic N) is 1. The average Bonchev–Trinajstić information content (AvgIpc) is 1.85. The van der Waals surface area contributed by atoms with Gasteiger partial charge in [0, 0.05) is 13.0 Å². The van der Waals surface area contributed by atoms with E-state index in [2.05, 4.69) is 18.8 Å². The maximum absolute atomic E-state index is 5.58. The molecule has 0 aliphatic carbocycles. The van der Waals surface area contributed by atoms with E-state index in [1.807, 2.05) is 6.92 Å². The summed E-state index contributed by atoms with van der Waals surface area (Å²) in [6.45, 7) is 7.20. The van der Waals surface area contributed by atoms with E-state index in [1.165, 1.54) is 0 Å². The predicted octanol–water partition coefficient (Wildman–Crippen LogP) is 1.80. The third-order valence-corrected chi connectivity index (χ3v) is 1.34. The Hall–Kier alpha value is -0.530. The Bertz CT molecular complexity index is 106. The van der Waals surface area contributed by atoms with Gasteiger partial charge < -0.3 is 5.73 Å². The van der Waals surface area contributed by atoms with Crippen LogP contribution in [0.5, 0.6) is 0 Å². The van der Waals surface area contributed by atoms with Crippen LogP contribution in [0, 0.1) is 5.92 Å². The van der Waals surface area contributed by atoms with E-state index in [1.54, 1.807) is 0 Å². The van der Waals surface area contributed by atoms with E-state index in [4.69, 9.17) is 5.73 Å². The SMILES string of the molecule is CCN=C(N)CCC(C)C. The molecule has 0 aromatic carbocycles. The molecule has 0 aliphatic rings. The van der Waals surface area contributed by atoms with Crippen molar-refractivity contribution in [2.45, 2.75) is 33.6 Å². The highest BCUT2D eigenvalue weighted by atomic mass is 14.8. The molecule has 2 nitrogen and oxygen atoms in total. The zero-order valence-electron chi connectivity index (χ0n) is 7.22. The van der Waals surface area contributed by atoms with Crippen molar-refractivity contribution < 1.29 is 0 Å². The number of aliphatic imine (C=N–C) groups is 1. The number of amidine groups is 1. The van der Waals surface area contributed by atoms with Crippen molar-refractivity contribution in [2.24, 2.45) is 16.6 Å². The Labute approximate surface area is 63.5 Å². The van der Waals surface area contributed by atoms with Gasteiger partial charge in [0.25, 0.3) is 0 Å². The standard InChI is InChI=1S/C8H18N2/c1-4-10-8(9)6-5-7(2)3/h7H,4-6H2,1-3H3,(H2,9,10). The highest BCUT2D eigenvalue weighted by Crippen LogP contribution is 2.02. The summed E-state index contributed by atoms with van der Waals surface area (Å²) in [6.07, 6.45) is 2.10. The second kappa shape index (κ2) is 5.27. The minimum atomic E-state index is 0.727. The fourth-order valence-corrected chi connectivity index (χ4v) is 0.719. The summed E-state index contributed by atoms with van der Waals surface area (Å²) in [5.74, 6) is 1.53. The smallest absolute Gasteiger partial charge is 0.0936 e. The van der Waals surface area contributed by atoms with Crippen molar-refractivity contribution in [1.82, 2.24) is 0 Å². The number of nitrogens with two attached hydrogens (primary N) is 1. The van der Waals surface area contributed by atoms with Crippen LogP contribution in [0.1, 0.15) is 33.6 Å². The predicted molar refractivity (Wildman–Crippen MR) is 46.2 cm³/mol. The van der Waals surface area contributed by atoms with Crippen LogP contribution in [-0.2, 0) is 0 Å². The van der Waals surface area contributed by atoms with Gasteiger partial charge in [-0.05, 0) is 19.3 Å². The second-order valence-corrected chi connectivity index (χ2v) is 2.90. The molecule has 0 amide bonds. The number of hydrogen-bond donors (Lipinski definition) is 1. The highest BCUT2D eigenvalue weighted by molar-refractivity contribution is 5.80. The van der Waals surface area contributed by atoms with E-state index in [0.717, 1.165) is 31.1 Å². The van der Waals surface area contributed by atoms with Gasteiger partial charge in [-0.15, -0.1) is 0 Å². The van der Waals surface area contributed by atoms with Gasteiger partial charge in [0.1, 0.15) is 0 Å². The van der Waals surface area contributed by atoms with Crippen LogP contribution in [0.15, 0.2) is 4.99 Å². The lowest BCUT2D eigenvalue weighted by Gasteiger charge is -2.02. The van der Waals surface area contributed by atoms with Gasteiger partial charge in [-0.3, -0.25) is 4.99 Å². The molecule has 0 aromatic heterocycles. The first kappa shape index (κ1) is 9.47. The molecule has 0 radical (unpaired) electrons. The first-order chi connectivity index (χ1) is 4.66. The normalized spacial score (nSPS) is 12.6. The molecular weight excluding hydrogens is 124 g/mol. The van der Waals surface area contributed by atoms with Crippen LogP contribution in [0.25, 0.3) is 0 Å². The van der Waals surface area contributed by atoms with Gasteiger partial charge in [-0.25, -0.2) is 0 Å². The molecular formula is C8H18N2. The monoisotopic (exact) mass is 142 g/mol. The summed E-state index contributed by atoms with van der Waals surface area (Å²) in [7, 11) is 0. The highest BCUT2D eigenvalue weighted by Gasteiger charge is 1.95. The van der Waals surface area contributed by atoms with Gasteiger partial charge in [-0.1, -0.05) is 13.8 Å². The molecule has 10 heavy (non-hydrogen) atoms. The molecule has 2 heteroatoms. The van der Waals surface area contributed by atoms with Crippen molar-refractivity contribution in [3.05, 3.63) is 0 Å². The van der Waals surface area contributed by atoms with E-state index in [0.29, 0.717) is 0 Å². The lowest BCUT2D eigenvalue weighted by molar-refractivity contribution is 0.602. The molecule has 60 valence electrons. The van der Waals surface area contributed by atoms with Crippen LogP contribution in [-0.4, -0.2) is 12.4 Å². The molecule has 0 rings (SSSR count). The Morgan fingerprint density at radius 2 is 2.10 bits per heavy atom. The van der Waals surface area contributed by atoms with E-state index in [9.17, 15) is 0 Å². The first-order valence-corrected chi connectivity index (χ1v) is 3.95. The molecule has 0 saturated heterocycles. The number of hydrogen-bond acceptors (Lipinski definition) is 1. The van der Waals surface area contributed by atoms with Gasteiger partial charge in [-0.2, -0.15) is 0 Å². The van der Waals surface area contributed by atoms with Crippen LogP contribution >= 0.6 is 0 Å². The maximum atomic E-state index is 5.58. The maximum Gasteiger partial charge on any atom is 0.0936 e. The van der Waals surface area contributed by atoms with Crippen molar-refractivity contribution in [3.63, 3.8) is 0 Å². The lowest BCUT2D eigenvalue weighted by Crippen LogP contribution is -2.12. The molecule has 2 N–H and O–H groups in total. The molecule has 0 spiro atoms. The molecule has 0 bridgehead atoms. The first-order valence-electron chi connectivity index (χ1n) is 3.95. The Balaban J connectivity index is 3.39. The third-order valence-electron chi connectivity index (χ3n) is 1.34. The van der Waals surface area contributed by atoms with Crippen LogP contribution < -0.4 is 5.73 Å². The molecule has 0 aromatic rings. The van der Waals surface area contributed by atoms with E-state index >= 15 is 0 Å². The van der Waals surface area contributed by atoms with Gasteiger partial charge >= 0.3 is 0 Å². The minimum Gasteiger partial charge on any atom is -0.387 e. The Kier molecular flexibility index (Phi) is 4.99. The topological polar surface area (TPSA) is 38.4 Å². The van der Waals surface area contributed by atoms with Gasteiger partial charge in [0.15, 0.2) is 0 Å². The third kappa shape index (κ3) is 5.60. The summed E-state index contributed by atoms with van der Waals surface area (Å²) < 4.78 is 0. The van der Waals surface area contributed by atoms with E-state index in [-0.39, 0.29) is 0 Å².